The molecule has 4 heteroatoms. The summed E-state index contributed by atoms with van der Waals surface area (Å²) in [6, 6.07) is 5.92. The van der Waals surface area contributed by atoms with Crippen molar-refractivity contribution in [3.05, 3.63) is 23.8 Å². The van der Waals surface area contributed by atoms with E-state index in [4.69, 9.17) is 14.2 Å². The van der Waals surface area contributed by atoms with E-state index in [9.17, 15) is 0 Å². The highest BCUT2D eigenvalue weighted by atomic mass is 16.7. The fraction of sp³-hybridized carbons (Fsp3) is 0.625. The lowest BCUT2D eigenvalue weighted by Gasteiger charge is -2.13. The average molecular weight is 279 g/mol. The summed E-state index contributed by atoms with van der Waals surface area (Å²) < 4.78 is 16.5. The summed E-state index contributed by atoms with van der Waals surface area (Å²) in [6.07, 6.45) is 3.72. The number of hydrogen-bond donors (Lipinski definition) is 1. The van der Waals surface area contributed by atoms with Gasteiger partial charge in [0.1, 0.15) is 11.5 Å². The van der Waals surface area contributed by atoms with E-state index in [-0.39, 0.29) is 0 Å². The van der Waals surface area contributed by atoms with Crippen LogP contribution in [0.1, 0.15) is 31.7 Å². The topological polar surface area (TPSA) is 39.7 Å². The Bertz CT molecular complexity index is 405. The Balaban J connectivity index is 1.86. The maximum Gasteiger partial charge on any atom is 0.189 e. The molecule has 0 amide bonds. The van der Waals surface area contributed by atoms with Crippen molar-refractivity contribution in [2.75, 3.05) is 27.1 Å². The second-order valence-corrected chi connectivity index (χ2v) is 5.23. The first-order chi connectivity index (χ1) is 9.83. The van der Waals surface area contributed by atoms with Gasteiger partial charge in [0.25, 0.3) is 0 Å². The third-order valence-corrected chi connectivity index (χ3v) is 3.36. The molecule has 0 saturated heterocycles. The SMILES string of the molecule is CCCNCc1ccc(OC)cc1OCOCC1CC1. The molecule has 0 heterocycles. The van der Waals surface area contributed by atoms with Crippen molar-refractivity contribution in [2.45, 2.75) is 32.7 Å². The molecule has 20 heavy (non-hydrogen) atoms. The monoisotopic (exact) mass is 279 g/mol. The Morgan fingerprint density at radius 3 is 2.85 bits per heavy atom. The lowest BCUT2D eigenvalue weighted by molar-refractivity contribution is 0.00932. The van der Waals surface area contributed by atoms with Crippen LogP contribution in [0.4, 0.5) is 0 Å². The maximum atomic E-state index is 5.75. The molecule has 1 aromatic carbocycles. The molecule has 112 valence electrons. The van der Waals surface area contributed by atoms with Gasteiger partial charge in [-0.3, -0.25) is 0 Å². The van der Waals surface area contributed by atoms with Crippen molar-refractivity contribution >= 4 is 0 Å². The molecule has 1 aromatic rings. The molecular formula is C16H25NO3. The van der Waals surface area contributed by atoms with Crippen LogP contribution in [0, 0.1) is 5.92 Å². The van der Waals surface area contributed by atoms with Gasteiger partial charge in [0.2, 0.25) is 0 Å². The molecule has 4 nitrogen and oxygen atoms in total. The highest BCUT2D eigenvalue weighted by Crippen LogP contribution is 2.29. The van der Waals surface area contributed by atoms with Crippen LogP contribution in [0.2, 0.25) is 0 Å². The van der Waals surface area contributed by atoms with E-state index in [0.717, 1.165) is 49.1 Å². The largest absolute Gasteiger partial charge is 0.497 e. The molecule has 1 N–H and O–H groups in total. The van der Waals surface area contributed by atoms with Crippen LogP contribution in [0.15, 0.2) is 18.2 Å². The standard InChI is InChI=1S/C16H25NO3/c1-3-8-17-10-14-6-7-15(18-2)9-16(14)20-12-19-11-13-4-5-13/h6-7,9,13,17H,3-5,8,10-12H2,1-2H3. The minimum atomic E-state index is 0.310. The first-order valence-electron chi connectivity index (χ1n) is 7.41. The van der Waals surface area contributed by atoms with Crippen LogP contribution in [0.3, 0.4) is 0 Å². The molecule has 0 spiro atoms. The van der Waals surface area contributed by atoms with E-state index >= 15 is 0 Å². The fourth-order valence-corrected chi connectivity index (χ4v) is 1.95. The molecule has 0 atom stereocenters. The molecule has 1 aliphatic carbocycles. The summed E-state index contributed by atoms with van der Waals surface area (Å²) in [5, 5.41) is 3.39. The van der Waals surface area contributed by atoms with Crippen molar-refractivity contribution in [2.24, 2.45) is 5.92 Å². The van der Waals surface area contributed by atoms with E-state index in [1.807, 2.05) is 18.2 Å². The Morgan fingerprint density at radius 1 is 1.30 bits per heavy atom. The zero-order valence-electron chi connectivity index (χ0n) is 12.5. The van der Waals surface area contributed by atoms with Crippen molar-refractivity contribution < 1.29 is 14.2 Å². The Labute approximate surface area is 121 Å². The van der Waals surface area contributed by atoms with Crippen molar-refractivity contribution in [3.63, 3.8) is 0 Å². The van der Waals surface area contributed by atoms with E-state index in [1.165, 1.54) is 12.8 Å². The Morgan fingerprint density at radius 2 is 2.15 bits per heavy atom. The molecule has 1 aliphatic rings. The Kier molecular flexibility index (Phi) is 6.15. The number of nitrogens with one attached hydrogen (secondary N) is 1. The van der Waals surface area contributed by atoms with Crippen LogP contribution in [0.5, 0.6) is 11.5 Å². The normalized spacial score (nSPS) is 14.3. The van der Waals surface area contributed by atoms with Crippen molar-refractivity contribution in [3.8, 4) is 11.5 Å². The smallest absolute Gasteiger partial charge is 0.189 e. The molecule has 1 fully saturated rings. The number of rotatable bonds is 10. The van der Waals surface area contributed by atoms with Gasteiger partial charge in [-0.05, 0) is 37.8 Å². The number of benzene rings is 1. The molecule has 0 unspecified atom stereocenters. The van der Waals surface area contributed by atoms with Crippen LogP contribution in [-0.4, -0.2) is 27.1 Å². The van der Waals surface area contributed by atoms with E-state index in [2.05, 4.69) is 12.2 Å². The van der Waals surface area contributed by atoms with Gasteiger partial charge in [0, 0.05) is 18.2 Å². The minimum Gasteiger partial charge on any atom is -0.497 e. The maximum absolute atomic E-state index is 5.75. The van der Waals surface area contributed by atoms with E-state index < -0.39 is 0 Å². The number of hydrogen-bond acceptors (Lipinski definition) is 4. The van der Waals surface area contributed by atoms with Gasteiger partial charge in [0.15, 0.2) is 6.79 Å². The van der Waals surface area contributed by atoms with Crippen molar-refractivity contribution in [1.82, 2.24) is 5.32 Å². The van der Waals surface area contributed by atoms with Gasteiger partial charge >= 0.3 is 0 Å². The highest BCUT2D eigenvalue weighted by Gasteiger charge is 2.21. The van der Waals surface area contributed by atoms with Crippen LogP contribution < -0.4 is 14.8 Å². The summed E-state index contributed by atoms with van der Waals surface area (Å²) in [5.41, 5.74) is 1.13. The van der Waals surface area contributed by atoms with E-state index in [1.54, 1.807) is 7.11 Å². The highest BCUT2D eigenvalue weighted by molar-refractivity contribution is 5.40. The average Bonchev–Trinajstić information content (AvgIpc) is 3.29. The summed E-state index contributed by atoms with van der Waals surface area (Å²) in [6.45, 7) is 5.08. The molecule has 0 aliphatic heterocycles. The van der Waals surface area contributed by atoms with Gasteiger partial charge < -0.3 is 19.5 Å². The summed E-state index contributed by atoms with van der Waals surface area (Å²) >= 11 is 0. The molecule has 0 bridgehead atoms. The van der Waals surface area contributed by atoms with Crippen molar-refractivity contribution in [1.29, 1.82) is 0 Å². The molecule has 1 saturated carbocycles. The lowest BCUT2D eigenvalue weighted by atomic mass is 10.2. The van der Waals surface area contributed by atoms with Crippen LogP contribution in [-0.2, 0) is 11.3 Å². The zero-order valence-corrected chi connectivity index (χ0v) is 12.5. The van der Waals surface area contributed by atoms with Gasteiger partial charge in [-0.1, -0.05) is 13.0 Å². The molecule has 0 aromatic heterocycles. The zero-order chi connectivity index (χ0) is 14.2. The fourth-order valence-electron chi connectivity index (χ4n) is 1.95. The second-order valence-electron chi connectivity index (χ2n) is 5.23. The van der Waals surface area contributed by atoms with E-state index in [0.29, 0.717) is 6.79 Å². The predicted molar refractivity (Wildman–Crippen MR) is 79.2 cm³/mol. The molecular weight excluding hydrogens is 254 g/mol. The number of methoxy groups -OCH3 is 1. The molecule has 2 rings (SSSR count). The van der Waals surface area contributed by atoms with Gasteiger partial charge in [-0.25, -0.2) is 0 Å². The van der Waals surface area contributed by atoms with Crippen LogP contribution in [0.25, 0.3) is 0 Å². The third kappa shape index (κ3) is 5.02. The first-order valence-corrected chi connectivity index (χ1v) is 7.41. The quantitative estimate of drug-likeness (QED) is 0.528. The summed E-state index contributed by atoms with van der Waals surface area (Å²) in [5.74, 6) is 2.40. The second kappa shape index (κ2) is 8.12. The minimum absolute atomic E-state index is 0.310. The first kappa shape index (κ1) is 15.1. The van der Waals surface area contributed by atoms with Crippen LogP contribution >= 0.6 is 0 Å². The van der Waals surface area contributed by atoms with Gasteiger partial charge in [-0.15, -0.1) is 0 Å². The summed E-state index contributed by atoms with van der Waals surface area (Å²) in [7, 11) is 1.66. The Hall–Kier alpha value is -1.26. The lowest BCUT2D eigenvalue weighted by Crippen LogP contribution is -2.15. The molecule has 0 radical (unpaired) electrons. The van der Waals surface area contributed by atoms with Gasteiger partial charge in [-0.2, -0.15) is 0 Å². The third-order valence-electron chi connectivity index (χ3n) is 3.36. The number of ether oxygens (including phenoxy) is 3. The predicted octanol–water partition coefficient (Wildman–Crippen LogP) is 2.96. The summed E-state index contributed by atoms with van der Waals surface area (Å²) in [4.78, 5) is 0. The van der Waals surface area contributed by atoms with Gasteiger partial charge in [0.05, 0.1) is 13.7 Å².